The van der Waals surface area contributed by atoms with E-state index in [0.29, 0.717) is 17.3 Å². The van der Waals surface area contributed by atoms with Crippen LogP contribution in [0.1, 0.15) is 26.2 Å². The van der Waals surface area contributed by atoms with Crippen molar-refractivity contribution < 1.29 is 14.9 Å². The molecule has 2 N–H and O–H groups in total. The van der Waals surface area contributed by atoms with Gasteiger partial charge in [-0.15, -0.1) is 0 Å². The molecule has 1 aromatic rings. The Morgan fingerprint density at radius 2 is 1.91 bits per heavy atom. The molecule has 1 saturated heterocycles. The molecule has 4 nitrogen and oxygen atoms in total. The van der Waals surface area contributed by atoms with Gasteiger partial charge in [0.25, 0.3) is 0 Å². The number of piperidine rings is 1. The van der Waals surface area contributed by atoms with Crippen molar-refractivity contribution in [1.29, 1.82) is 0 Å². The third kappa shape index (κ3) is 4.85. The zero-order valence-corrected chi connectivity index (χ0v) is 13.9. The molecule has 0 aliphatic carbocycles. The Labute approximate surface area is 137 Å². The first-order valence-electron chi connectivity index (χ1n) is 7.96. The third-order valence-corrected chi connectivity index (χ3v) is 4.98. The average molecular weight is 328 g/mol. The summed E-state index contributed by atoms with van der Waals surface area (Å²) in [4.78, 5) is 2.25. The van der Waals surface area contributed by atoms with Crippen molar-refractivity contribution in [1.82, 2.24) is 4.90 Å². The highest BCUT2D eigenvalue weighted by Gasteiger charge is 2.32. The topological polar surface area (TPSA) is 52.9 Å². The van der Waals surface area contributed by atoms with Crippen LogP contribution < -0.4 is 4.74 Å². The first kappa shape index (κ1) is 17.5. The molecule has 22 heavy (non-hydrogen) atoms. The summed E-state index contributed by atoms with van der Waals surface area (Å²) in [7, 11) is 0. The molecule has 1 unspecified atom stereocenters. The quantitative estimate of drug-likeness (QED) is 0.808. The summed E-state index contributed by atoms with van der Waals surface area (Å²) < 4.78 is 5.57. The van der Waals surface area contributed by atoms with E-state index in [4.69, 9.17) is 16.3 Å². The number of β-amino-alcohol motifs (C(OH)–C–C–N with tert-alkyl or cyclic N) is 1. The number of hydrogen-bond acceptors (Lipinski definition) is 4. The highest BCUT2D eigenvalue weighted by Crippen LogP contribution is 2.34. The monoisotopic (exact) mass is 327 g/mol. The molecule has 1 aliphatic rings. The smallest absolute Gasteiger partial charge is 0.119 e. The SMILES string of the molecule is CCC1(CO)CCN(CC(O)COc2ccc(Cl)cc2)CC1. The normalized spacial score (nSPS) is 19.8. The van der Waals surface area contributed by atoms with Crippen LogP contribution >= 0.6 is 11.6 Å². The van der Waals surface area contributed by atoms with Crippen molar-refractivity contribution in [3.05, 3.63) is 29.3 Å². The zero-order chi connectivity index (χ0) is 16.0. The van der Waals surface area contributed by atoms with Crippen LogP contribution in [0.25, 0.3) is 0 Å². The number of hydrogen-bond donors (Lipinski definition) is 2. The summed E-state index contributed by atoms with van der Waals surface area (Å²) in [6, 6.07) is 7.14. The van der Waals surface area contributed by atoms with Crippen molar-refractivity contribution in [2.75, 3.05) is 32.8 Å². The fraction of sp³-hybridized carbons (Fsp3) is 0.647. The molecule has 0 bridgehead atoms. The van der Waals surface area contributed by atoms with E-state index in [1.54, 1.807) is 24.3 Å². The standard InChI is InChI=1S/C17H26ClNO3/c1-2-17(13-20)7-9-19(10-8-17)11-15(21)12-22-16-5-3-14(18)4-6-16/h3-6,15,20-21H,2,7-13H2,1H3. The predicted molar refractivity (Wildman–Crippen MR) is 88.4 cm³/mol. The van der Waals surface area contributed by atoms with Gasteiger partial charge in [-0.1, -0.05) is 18.5 Å². The van der Waals surface area contributed by atoms with Gasteiger partial charge in [0, 0.05) is 18.2 Å². The molecule has 0 radical (unpaired) electrons. The van der Waals surface area contributed by atoms with Crippen LogP contribution in [0.3, 0.4) is 0 Å². The van der Waals surface area contributed by atoms with Gasteiger partial charge < -0.3 is 19.8 Å². The number of rotatable bonds is 7. The summed E-state index contributed by atoms with van der Waals surface area (Å²) in [6.45, 7) is 5.13. The van der Waals surface area contributed by atoms with E-state index in [-0.39, 0.29) is 18.6 Å². The van der Waals surface area contributed by atoms with E-state index in [1.165, 1.54) is 0 Å². The summed E-state index contributed by atoms with van der Waals surface area (Å²) in [5, 5.41) is 20.3. The lowest BCUT2D eigenvalue weighted by Gasteiger charge is -2.40. The van der Waals surface area contributed by atoms with Crippen molar-refractivity contribution in [3.8, 4) is 5.75 Å². The summed E-state index contributed by atoms with van der Waals surface area (Å²) >= 11 is 5.82. The molecule has 0 aromatic heterocycles. The fourth-order valence-electron chi connectivity index (χ4n) is 2.91. The molecule has 5 heteroatoms. The van der Waals surface area contributed by atoms with Crippen molar-refractivity contribution in [3.63, 3.8) is 0 Å². The molecule has 1 heterocycles. The van der Waals surface area contributed by atoms with E-state index >= 15 is 0 Å². The molecule has 1 fully saturated rings. The number of benzene rings is 1. The van der Waals surface area contributed by atoms with Gasteiger partial charge in [-0.25, -0.2) is 0 Å². The number of aliphatic hydroxyl groups is 2. The third-order valence-electron chi connectivity index (χ3n) is 4.73. The van der Waals surface area contributed by atoms with Crippen LogP contribution in [0, 0.1) is 5.41 Å². The van der Waals surface area contributed by atoms with Crippen LogP contribution in [-0.4, -0.2) is 54.1 Å². The highest BCUT2D eigenvalue weighted by atomic mass is 35.5. The first-order chi connectivity index (χ1) is 10.6. The van der Waals surface area contributed by atoms with Crippen molar-refractivity contribution >= 4 is 11.6 Å². The van der Waals surface area contributed by atoms with Crippen LogP contribution in [0.15, 0.2) is 24.3 Å². The molecule has 1 aliphatic heterocycles. The molecule has 1 atom stereocenters. The van der Waals surface area contributed by atoms with E-state index < -0.39 is 6.10 Å². The van der Waals surface area contributed by atoms with Gasteiger partial charge in [-0.2, -0.15) is 0 Å². The van der Waals surface area contributed by atoms with Gasteiger partial charge in [-0.05, 0) is 62.0 Å². The Morgan fingerprint density at radius 3 is 2.45 bits per heavy atom. The van der Waals surface area contributed by atoms with E-state index in [9.17, 15) is 10.2 Å². The maximum atomic E-state index is 10.1. The van der Waals surface area contributed by atoms with Gasteiger partial charge >= 0.3 is 0 Å². The molecule has 1 aromatic carbocycles. The number of halogens is 1. The Hall–Kier alpha value is -0.810. The van der Waals surface area contributed by atoms with Gasteiger partial charge in [0.2, 0.25) is 0 Å². The summed E-state index contributed by atoms with van der Waals surface area (Å²) in [6.07, 6.45) is 2.48. The highest BCUT2D eigenvalue weighted by molar-refractivity contribution is 6.30. The lowest BCUT2D eigenvalue weighted by Crippen LogP contribution is -2.45. The largest absolute Gasteiger partial charge is 0.491 e. The minimum atomic E-state index is -0.515. The van der Waals surface area contributed by atoms with Crippen molar-refractivity contribution in [2.24, 2.45) is 5.41 Å². The van der Waals surface area contributed by atoms with Crippen LogP contribution in [0.5, 0.6) is 5.75 Å². The molecular weight excluding hydrogens is 302 g/mol. The van der Waals surface area contributed by atoms with E-state index in [0.717, 1.165) is 32.4 Å². The lowest BCUT2D eigenvalue weighted by atomic mass is 9.77. The lowest BCUT2D eigenvalue weighted by molar-refractivity contribution is 0.0121. The molecule has 0 amide bonds. The Morgan fingerprint density at radius 1 is 1.27 bits per heavy atom. The Balaban J connectivity index is 1.71. The van der Waals surface area contributed by atoms with Crippen LogP contribution in [0.2, 0.25) is 5.02 Å². The molecule has 124 valence electrons. The van der Waals surface area contributed by atoms with E-state index in [1.807, 2.05) is 0 Å². The second kappa shape index (κ2) is 8.16. The number of aliphatic hydroxyl groups excluding tert-OH is 2. The molecule has 0 saturated carbocycles. The minimum Gasteiger partial charge on any atom is -0.491 e. The van der Waals surface area contributed by atoms with Gasteiger partial charge in [0.1, 0.15) is 18.5 Å². The number of ether oxygens (including phenoxy) is 1. The van der Waals surface area contributed by atoms with Gasteiger partial charge in [0.05, 0.1) is 0 Å². The van der Waals surface area contributed by atoms with Gasteiger partial charge in [-0.3, -0.25) is 0 Å². The summed E-state index contributed by atoms with van der Waals surface area (Å²) in [5.74, 6) is 0.715. The maximum Gasteiger partial charge on any atom is 0.119 e. The van der Waals surface area contributed by atoms with Crippen LogP contribution in [0.4, 0.5) is 0 Å². The number of nitrogens with zero attached hydrogens (tertiary/aromatic N) is 1. The minimum absolute atomic E-state index is 0.0846. The van der Waals surface area contributed by atoms with E-state index in [2.05, 4.69) is 11.8 Å². The van der Waals surface area contributed by atoms with Crippen molar-refractivity contribution in [2.45, 2.75) is 32.3 Å². The Bertz CT molecular complexity index is 438. The zero-order valence-electron chi connectivity index (χ0n) is 13.2. The fourth-order valence-corrected chi connectivity index (χ4v) is 3.03. The molecule has 2 rings (SSSR count). The average Bonchev–Trinajstić information content (AvgIpc) is 2.55. The molecular formula is C17H26ClNO3. The van der Waals surface area contributed by atoms with Gasteiger partial charge in [0.15, 0.2) is 0 Å². The second-order valence-electron chi connectivity index (χ2n) is 6.23. The van der Waals surface area contributed by atoms with Crippen LogP contribution in [-0.2, 0) is 0 Å². The second-order valence-corrected chi connectivity index (χ2v) is 6.67. The first-order valence-corrected chi connectivity index (χ1v) is 8.34. The maximum absolute atomic E-state index is 10.1. The summed E-state index contributed by atoms with van der Waals surface area (Å²) in [5.41, 5.74) is 0.0846. The Kier molecular flexibility index (Phi) is 6.50. The molecule has 0 spiro atoms. The number of likely N-dealkylation sites (tertiary alicyclic amines) is 1. The predicted octanol–water partition coefficient (Wildman–Crippen LogP) is 2.56.